The highest BCUT2D eigenvalue weighted by atomic mass is 16.5. The van der Waals surface area contributed by atoms with Crippen LogP contribution in [0.25, 0.3) is 0 Å². The Labute approximate surface area is 200 Å². The molecule has 182 valence electrons. The highest BCUT2D eigenvalue weighted by Gasteiger charge is 2.11. The molecule has 0 spiro atoms. The molecular formula is C26H32N2O6. The summed E-state index contributed by atoms with van der Waals surface area (Å²) in [4.78, 5) is 47.8. The highest BCUT2D eigenvalue weighted by Crippen LogP contribution is 2.14. The number of amides is 2. The Bertz CT molecular complexity index is 981. The molecule has 0 aromatic heterocycles. The van der Waals surface area contributed by atoms with Crippen molar-refractivity contribution >= 4 is 35.1 Å². The van der Waals surface area contributed by atoms with E-state index in [4.69, 9.17) is 9.47 Å². The Kier molecular flexibility index (Phi) is 10.8. The summed E-state index contributed by atoms with van der Waals surface area (Å²) in [6.45, 7) is 5.87. The van der Waals surface area contributed by atoms with Gasteiger partial charge in [-0.2, -0.15) is 0 Å². The molecule has 2 amide bonds. The van der Waals surface area contributed by atoms with Crippen molar-refractivity contribution in [2.75, 3.05) is 23.8 Å². The number of unbranched alkanes of at least 4 members (excludes halogenated alkanes) is 1. The molecule has 2 rings (SSSR count). The molecule has 0 aliphatic rings. The molecule has 0 atom stereocenters. The molecule has 0 saturated carbocycles. The van der Waals surface area contributed by atoms with Crippen LogP contribution >= 0.6 is 0 Å². The van der Waals surface area contributed by atoms with Crippen molar-refractivity contribution in [3.05, 3.63) is 59.2 Å². The van der Waals surface area contributed by atoms with Gasteiger partial charge in [0.05, 0.1) is 12.2 Å². The second-order valence-corrected chi connectivity index (χ2v) is 8.05. The maximum absolute atomic E-state index is 12.1. The van der Waals surface area contributed by atoms with Gasteiger partial charge in [0.25, 0.3) is 5.91 Å². The van der Waals surface area contributed by atoms with Gasteiger partial charge in [-0.3, -0.25) is 14.4 Å². The van der Waals surface area contributed by atoms with Crippen LogP contribution in [-0.4, -0.2) is 37.0 Å². The van der Waals surface area contributed by atoms with E-state index in [2.05, 4.69) is 10.6 Å². The summed E-state index contributed by atoms with van der Waals surface area (Å²) >= 11 is 0. The maximum atomic E-state index is 12.1. The van der Waals surface area contributed by atoms with E-state index in [1.807, 2.05) is 39.0 Å². The molecule has 8 heteroatoms. The lowest BCUT2D eigenvalue weighted by atomic mass is 10.1. The van der Waals surface area contributed by atoms with Crippen LogP contribution < -0.4 is 10.6 Å². The lowest BCUT2D eigenvalue weighted by Gasteiger charge is -2.09. The number of benzene rings is 2. The Morgan fingerprint density at radius 1 is 0.765 bits per heavy atom. The zero-order valence-electron chi connectivity index (χ0n) is 19.9. The Morgan fingerprint density at radius 2 is 1.41 bits per heavy atom. The fourth-order valence-electron chi connectivity index (χ4n) is 3.16. The fraction of sp³-hybridized carbons (Fsp3) is 0.385. The van der Waals surface area contributed by atoms with Crippen LogP contribution in [0, 0.1) is 13.8 Å². The number of hydrogen-bond donors (Lipinski definition) is 2. The van der Waals surface area contributed by atoms with Crippen molar-refractivity contribution in [2.24, 2.45) is 0 Å². The summed E-state index contributed by atoms with van der Waals surface area (Å²) in [6, 6.07) is 12.1. The number of aryl methyl sites for hydroxylation is 2. The summed E-state index contributed by atoms with van der Waals surface area (Å²) in [7, 11) is 0. The van der Waals surface area contributed by atoms with Crippen LogP contribution in [0.15, 0.2) is 42.5 Å². The lowest BCUT2D eigenvalue weighted by molar-refractivity contribution is -0.147. The van der Waals surface area contributed by atoms with Gasteiger partial charge in [0.1, 0.15) is 0 Å². The van der Waals surface area contributed by atoms with Gasteiger partial charge in [0.2, 0.25) is 5.91 Å². The molecule has 0 fully saturated rings. The minimum atomic E-state index is -0.547. The van der Waals surface area contributed by atoms with Crippen LogP contribution in [0.3, 0.4) is 0 Å². The van der Waals surface area contributed by atoms with E-state index >= 15 is 0 Å². The predicted molar refractivity (Wildman–Crippen MR) is 130 cm³/mol. The smallest absolute Gasteiger partial charge is 0.338 e. The zero-order chi connectivity index (χ0) is 24.9. The van der Waals surface area contributed by atoms with Crippen molar-refractivity contribution in [3.8, 4) is 0 Å². The number of hydrogen-bond acceptors (Lipinski definition) is 6. The minimum Gasteiger partial charge on any atom is -0.462 e. The molecule has 2 N–H and O–H groups in total. The first-order valence-electron chi connectivity index (χ1n) is 11.4. The molecular weight excluding hydrogens is 436 g/mol. The van der Waals surface area contributed by atoms with E-state index in [-0.39, 0.29) is 31.8 Å². The van der Waals surface area contributed by atoms with Crippen molar-refractivity contribution in [1.82, 2.24) is 0 Å². The topological polar surface area (TPSA) is 111 Å². The van der Waals surface area contributed by atoms with E-state index in [1.54, 1.807) is 24.3 Å². The molecule has 0 heterocycles. The standard InChI is InChI=1S/C26H32N2O6/c1-4-5-13-33-26(32)20-9-11-21(12-10-20)27-23(29)7-6-8-25(31)34-17-24(30)28-22-15-18(2)14-19(3)16-22/h9-12,14-16H,4-8,13,17H2,1-3H3,(H,27,29)(H,28,30). The number of nitrogens with one attached hydrogen (secondary N) is 2. The lowest BCUT2D eigenvalue weighted by Crippen LogP contribution is -2.21. The normalized spacial score (nSPS) is 10.3. The maximum Gasteiger partial charge on any atom is 0.338 e. The second-order valence-electron chi connectivity index (χ2n) is 8.05. The van der Waals surface area contributed by atoms with Crippen LogP contribution in [-0.2, 0) is 23.9 Å². The largest absolute Gasteiger partial charge is 0.462 e. The van der Waals surface area contributed by atoms with E-state index < -0.39 is 17.8 Å². The van der Waals surface area contributed by atoms with Crippen LogP contribution in [0.2, 0.25) is 0 Å². The molecule has 0 saturated heterocycles. The van der Waals surface area contributed by atoms with Crippen molar-refractivity contribution in [2.45, 2.75) is 52.9 Å². The molecule has 8 nitrogen and oxygen atoms in total. The first-order chi connectivity index (χ1) is 16.3. The summed E-state index contributed by atoms with van der Waals surface area (Å²) in [6.07, 6.45) is 2.18. The van der Waals surface area contributed by atoms with Gasteiger partial charge in [-0.05, 0) is 74.2 Å². The summed E-state index contributed by atoms with van der Waals surface area (Å²) in [5.41, 5.74) is 3.65. The van der Waals surface area contributed by atoms with Gasteiger partial charge in [0, 0.05) is 24.2 Å². The number of anilines is 2. The number of esters is 2. The Hall–Kier alpha value is -3.68. The zero-order valence-corrected chi connectivity index (χ0v) is 19.9. The third-order valence-electron chi connectivity index (χ3n) is 4.79. The van der Waals surface area contributed by atoms with E-state index in [0.717, 1.165) is 24.0 Å². The van der Waals surface area contributed by atoms with Gasteiger partial charge in [-0.1, -0.05) is 19.4 Å². The SMILES string of the molecule is CCCCOC(=O)c1ccc(NC(=O)CCCC(=O)OCC(=O)Nc2cc(C)cc(C)c2)cc1. The number of rotatable bonds is 12. The Morgan fingerprint density at radius 3 is 2.06 bits per heavy atom. The number of ether oxygens (including phenoxy) is 2. The molecule has 0 radical (unpaired) electrons. The minimum absolute atomic E-state index is 0.0206. The third-order valence-corrected chi connectivity index (χ3v) is 4.79. The quantitative estimate of drug-likeness (QED) is 0.349. The first kappa shape index (κ1) is 26.6. The van der Waals surface area contributed by atoms with Gasteiger partial charge in [-0.15, -0.1) is 0 Å². The van der Waals surface area contributed by atoms with Crippen molar-refractivity contribution < 1.29 is 28.7 Å². The average molecular weight is 469 g/mol. The monoisotopic (exact) mass is 468 g/mol. The number of carbonyl (C=O) groups is 4. The van der Waals surface area contributed by atoms with E-state index in [0.29, 0.717) is 23.5 Å². The van der Waals surface area contributed by atoms with Crippen molar-refractivity contribution in [3.63, 3.8) is 0 Å². The summed E-state index contributed by atoms with van der Waals surface area (Å²) in [5, 5.41) is 5.41. The molecule has 34 heavy (non-hydrogen) atoms. The van der Waals surface area contributed by atoms with Gasteiger partial charge in [0.15, 0.2) is 6.61 Å². The van der Waals surface area contributed by atoms with Gasteiger partial charge >= 0.3 is 11.9 Å². The second kappa shape index (κ2) is 13.8. The van der Waals surface area contributed by atoms with Gasteiger partial charge in [-0.25, -0.2) is 4.79 Å². The van der Waals surface area contributed by atoms with Crippen LogP contribution in [0.4, 0.5) is 11.4 Å². The molecule has 2 aromatic rings. The molecule has 0 aliphatic carbocycles. The van der Waals surface area contributed by atoms with Crippen LogP contribution in [0.1, 0.15) is 60.5 Å². The molecule has 0 unspecified atom stereocenters. The molecule has 2 aromatic carbocycles. The highest BCUT2D eigenvalue weighted by molar-refractivity contribution is 5.94. The Balaban J connectivity index is 1.65. The third kappa shape index (κ3) is 9.85. The fourth-order valence-corrected chi connectivity index (χ4v) is 3.16. The first-order valence-corrected chi connectivity index (χ1v) is 11.4. The van der Waals surface area contributed by atoms with Crippen molar-refractivity contribution in [1.29, 1.82) is 0 Å². The van der Waals surface area contributed by atoms with Crippen LogP contribution in [0.5, 0.6) is 0 Å². The van der Waals surface area contributed by atoms with E-state index in [1.165, 1.54) is 0 Å². The van der Waals surface area contributed by atoms with Gasteiger partial charge < -0.3 is 20.1 Å². The van der Waals surface area contributed by atoms with E-state index in [9.17, 15) is 19.2 Å². The molecule has 0 bridgehead atoms. The number of carbonyl (C=O) groups excluding carboxylic acids is 4. The molecule has 0 aliphatic heterocycles. The average Bonchev–Trinajstić information content (AvgIpc) is 2.77. The summed E-state index contributed by atoms with van der Waals surface area (Å²) in [5.74, 6) is -1.63. The summed E-state index contributed by atoms with van der Waals surface area (Å²) < 4.78 is 10.1. The predicted octanol–water partition coefficient (Wildman–Crippen LogP) is 4.55.